The standard InChI is InChI=1S/C15H24N2/c1-4-17(12(2)3)11-15-9-13-7-5-6-8-14(13)10-16-15/h5-8,12,15-16H,4,9-11H2,1-3H3/t15-/m1/s1. The number of nitrogens with one attached hydrogen (secondary N) is 1. The Morgan fingerprint density at radius 2 is 2.00 bits per heavy atom. The van der Waals surface area contributed by atoms with E-state index in [9.17, 15) is 0 Å². The monoisotopic (exact) mass is 232 g/mol. The van der Waals surface area contributed by atoms with Gasteiger partial charge in [-0.15, -0.1) is 0 Å². The summed E-state index contributed by atoms with van der Waals surface area (Å²) >= 11 is 0. The molecule has 0 spiro atoms. The number of nitrogens with zero attached hydrogens (tertiary/aromatic N) is 1. The van der Waals surface area contributed by atoms with E-state index in [1.807, 2.05) is 0 Å². The molecule has 2 heteroatoms. The lowest BCUT2D eigenvalue weighted by molar-refractivity contribution is 0.203. The van der Waals surface area contributed by atoms with Gasteiger partial charge in [0.05, 0.1) is 0 Å². The average molecular weight is 232 g/mol. The van der Waals surface area contributed by atoms with Gasteiger partial charge < -0.3 is 5.32 Å². The van der Waals surface area contributed by atoms with Crippen molar-refractivity contribution in [2.45, 2.75) is 45.8 Å². The second-order valence-electron chi connectivity index (χ2n) is 5.23. The summed E-state index contributed by atoms with van der Waals surface area (Å²) in [5.41, 5.74) is 2.99. The van der Waals surface area contributed by atoms with Crippen LogP contribution in [0.1, 0.15) is 31.9 Å². The normalized spacial score (nSPS) is 19.7. The lowest BCUT2D eigenvalue weighted by atomic mass is 9.95. The first-order valence-corrected chi connectivity index (χ1v) is 6.75. The van der Waals surface area contributed by atoms with Crippen molar-refractivity contribution in [2.24, 2.45) is 0 Å². The third kappa shape index (κ3) is 3.08. The second-order valence-corrected chi connectivity index (χ2v) is 5.23. The Balaban J connectivity index is 1.98. The van der Waals surface area contributed by atoms with Crippen LogP contribution in [0.25, 0.3) is 0 Å². The predicted molar refractivity (Wildman–Crippen MR) is 73.2 cm³/mol. The molecule has 2 nitrogen and oxygen atoms in total. The maximum atomic E-state index is 3.65. The number of hydrogen-bond acceptors (Lipinski definition) is 2. The quantitative estimate of drug-likeness (QED) is 0.857. The van der Waals surface area contributed by atoms with Gasteiger partial charge in [0, 0.05) is 25.2 Å². The molecule has 0 radical (unpaired) electrons. The van der Waals surface area contributed by atoms with Crippen LogP contribution in [0.4, 0.5) is 0 Å². The van der Waals surface area contributed by atoms with Crippen molar-refractivity contribution in [3.05, 3.63) is 35.4 Å². The van der Waals surface area contributed by atoms with E-state index >= 15 is 0 Å². The number of fused-ring (bicyclic) bond motifs is 1. The number of likely N-dealkylation sites (N-methyl/N-ethyl adjacent to an activating group) is 1. The first kappa shape index (κ1) is 12.6. The molecule has 1 heterocycles. The maximum absolute atomic E-state index is 3.65. The van der Waals surface area contributed by atoms with Crippen molar-refractivity contribution in [1.82, 2.24) is 10.2 Å². The Kier molecular flexibility index (Phi) is 4.19. The Hall–Kier alpha value is -0.860. The molecule has 1 aromatic rings. The van der Waals surface area contributed by atoms with Gasteiger partial charge in [0.1, 0.15) is 0 Å². The van der Waals surface area contributed by atoms with Crippen molar-refractivity contribution in [1.29, 1.82) is 0 Å². The third-order valence-electron chi connectivity index (χ3n) is 3.76. The zero-order chi connectivity index (χ0) is 12.3. The maximum Gasteiger partial charge on any atom is 0.0238 e. The van der Waals surface area contributed by atoms with Crippen molar-refractivity contribution in [3.8, 4) is 0 Å². The Morgan fingerprint density at radius 3 is 2.65 bits per heavy atom. The van der Waals surface area contributed by atoms with Gasteiger partial charge in [-0.25, -0.2) is 0 Å². The molecule has 0 fully saturated rings. The molecule has 0 bridgehead atoms. The molecule has 1 aliphatic rings. The van der Waals surface area contributed by atoms with Crippen LogP contribution in [-0.4, -0.2) is 30.1 Å². The average Bonchev–Trinajstić information content (AvgIpc) is 2.35. The van der Waals surface area contributed by atoms with Gasteiger partial charge in [-0.2, -0.15) is 0 Å². The lowest BCUT2D eigenvalue weighted by Gasteiger charge is -2.33. The van der Waals surface area contributed by atoms with Gasteiger partial charge in [-0.1, -0.05) is 31.2 Å². The summed E-state index contributed by atoms with van der Waals surface area (Å²) in [7, 11) is 0. The van der Waals surface area contributed by atoms with E-state index in [1.165, 1.54) is 17.5 Å². The molecule has 1 aliphatic heterocycles. The van der Waals surface area contributed by atoms with Crippen LogP contribution in [0, 0.1) is 0 Å². The van der Waals surface area contributed by atoms with E-state index in [2.05, 4.69) is 55.3 Å². The molecule has 0 saturated carbocycles. The van der Waals surface area contributed by atoms with Crippen LogP contribution < -0.4 is 5.32 Å². The van der Waals surface area contributed by atoms with Gasteiger partial charge >= 0.3 is 0 Å². The molecule has 0 aromatic heterocycles. The molecule has 0 amide bonds. The molecule has 17 heavy (non-hydrogen) atoms. The largest absolute Gasteiger partial charge is 0.308 e. The van der Waals surface area contributed by atoms with Gasteiger partial charge in [0.15, 0.2) is 0 Å². The number of rotatable bonds is 4. The Morgan fingerprint density at radius 1 is 1.29 bits per heavy atom. The highest BCUT2D eigenvalue weighted by atomic mass is 15.2. The van der Waals surface area contributed by atoms with Crippen molar-refractivity contribution in [2.75, 3.05) is 13.1 Å². The van der Waals surface area contributed by atoms with Crippen LogP contribution >= 0.6 is 0 Å². The summed E-state index contributed by atoms with van der Waals surface area (Å²) in [5.74, 6) is 0. The van der Waals surface area contributed by atoms with Crippen molar-refractivity contribution >= 4 is 0 Å². The van der Waals surface area contributed by atoms with Gasteiger partial charge in [0.25, 0.3) is 0 Å². The van der Waals surface area contributed by atoms with Crippen LogP contribution in [-0.2, 0) is 13.0 Å². The molecule has 1 atom stereocenters. The van der Waals surface area contributed by atoms with Gasteiger partial charge in [-0.3, -0.25) is 4.90 Å². The molecule has 1 aromatic carbocycles. The molecular weight excluding hydrogens is 208 g/mol. The van der Waals surface area contributed by atoms with E-state index in [0.29, 0.717) is 12.1 Å². The highest BCUT2D eigenvalue weighted by Gasteiger charge is 2.20. The predicted octanol–water partition coefficient (Wildman–Crippen LogP) is 2.43. The molecular formula is C15H24N2. The van der Waals surface area contributed by atoms with E-state index in [4.69, 9.17) is 0 Å². The van der Waals surface area contributed by atoms with E-state index in [-0.39, 0.29) is 0 Å². The minimum atomic E-state index is 0.604. The molecule has 0 unspecified atom stereocenters. The Labute approximate surface area is 105 Å². The molecule has 0 saturated heterocycles. The minimum Gasteiger partial charge on any atom is -0.308 e. The summed E-state index contributed by atoms with van der Waals surface area (Å²) in [6, 6.07) is 10.0. The highest BCUT2D eigenvalue weighted by Crippen LogP contribution is 2.17. The Bertz CT molecular complexity index is 360. The summed E-state index contributed by atoms with van der Waals surface area (Å²) < 4.78 is 0. The van der Waals surface area contributed by atoms with E-state index in [1.54, 1.807) is 0 Å². The van der Waals surface area contributed by atoms with Crippen LogP contribution in [0.2, 0.25) is 0 Å². The lowest BCUT2D eigenvalue weighted by Crippen LogP contribution is -2.46. The minimum absolute atomic E-state index is 0.604. The molecule has 0 aliphatic carbocycles. The van der Waals surface area contributed by atoms with Crippen LogP contribution in [0.15, 0.2) is 24.3 Å². The highest BCUT2D eigenvalue weighted by molar-refractivity contribution is 5.29. The second kappa shape index (κ2) is 5.65. The van der Waals surface area contributed by atoms with Crippen molar-refractivity contribution in [3.63, 3.8) is 0 Å². The van der Waals surface area contributed by atoms with Gasteiger partial charge in [-0.05, 0) is 37.9 Å². The number of hydrogen-bond donors (Lipinski definition) is 1. The zero-order valence-electron chi connectivity index (χ0n) is 11.2. The van der Waals surface area contributed by atoms with Crippen LogP contribution in [0.5, 0.6) is 0 Å². The van der Waals surface area contributed by atoms with Crippen LogP contribution in [0.3, 0.4) is 0 Å². The first-order chi connectivity index (χ1) is 8.20. The SMILES string of the molecule is CCN(C[C@H]1Cc2ccccc2CN1)C(C)C. The summed E-state index contributed by atoms with van der Waals surface area (Å²) in [4.78, 5) is 2.53. The zero-order valence-corrected chi connectivity index (χ0v) is 11.2. The first-order valence-electron chi connectivity index (χ1n) is 6.75. The van der Waals surface area contributed by atoms with E-state index in [0.717, 1.165) is 19.6 Å². The summed E-state index contributed by atoms with van der Waals surface area (Å²) in [5, 5.41) is 3.65. The molecule has 2 rings (SSSR count). The fraction of sp³-hybridized carbons (Fsp3) is 0.600. The summed E-state index contributed by atoms with van der Waals surface area (Å²) in [6.45, 7) is 10.1. The number of benzene rings is 1. The van der Waals surface area contributed by atoms with E-state index < -0.39 is 0 Å². The third-order valence-corrected chi connectivity index (χ3v) is 3.76. The van der Waals surface area contributed by atoms with Gasteiger partial charge in [0.2, 0.25) is 0 Å². The summed E-state index contributed by atoms with van der Waals surface area (Å²) in [6.07, 6.45) is 1.17. The van der Waals surface area contributed by atoms with Crippen molar-refractivity contribution < 1.29 is 0 Å². The molecule has 1 N–H and O–H groups in total. The smallest absolute Gasteiger partial charge is 0.0238 e. The fourth-order valence-corrected chi connectivity index (χ4v) is 2.64. The fourth-order valence-electron chi connectivity index (χ4n) is 2.64. The topological polar surface area (TPSA) is 15.3 Å². The molecule has 94 valence electrons.